The molecular formula is C19H21ClN2O2. The zero-order valence-electron chi connectivity index (χ0n) is 14.1. The van der Waals surface area contributed by atoms with Gasteiger partial charge in [-0.1, -0.05) is 35.9 Å². The molecule has 126 valence electrons. The van der Waals surface area contributed by atoms with Gasteiger partial charge in [-0.25, -0.2) is 0 Å². The molecule has 4 nitrogen and oxygen atoms in total. The highest BCUT2D eigenvalue weighted by atomic mass is 35.5. The van der Waals surface area contributed by atoms with Crippen LogP contribution in [0.2, 0.25) is 5.02 Å². The average Bonchev–Trinajstić information content (AvgIpc) is 2.49. The van der Waals surface area contributed by atoms with Crippen LogP contribution in [0.3, 0.4) is 0 Å². The van der Waals surface area contributed by atoms with Gasteiger partial charge in [0.15, 0.2) is 0 Å². The van der Waals surface area contributed by atoms with E-state index in [0.29, 0.717) is 17.3 Å². The Kier molecular flexibility index (Phi) is 5.99. The van der Waals surface area contributed by atoms with Crippen LogP contribution >= 0.6 is 11.6 Å². The van der Waals surface area contributed by atoms with Gasteiger partial charge in [0.1, 0.15) is 0 Å². The number of rotatable bonds is 5. The summed E-state index contributed by atoms with van der Waals surface area (Å²) < 4.78 is 0. The third-order valence-corrected chi connectivity index (χ3v) is 4.00. The van der Waals surface area contributed by atoms with Crippen LogP contribution in [0.25, 0.3) is 0 Å². The Morgan fingerprint density at radius 1 is 1.08 bits per heavy atom. The summed E-state index contributed by atoms with van der Waals surface area (Å²) in [7, 11) is 0. The summed E-state index contributed by atoms with van der Waals surface area (Å²) in [6.07, 6.45) is 0.208. The lowest BCUT2D eigenvalue weighted by Gasteiger charge is -2.25. The standard InChI is InChI=1S/C19H21ClN2O2/c1-13-6-4-7-14(2)19(13)22(15(3)23)11-10-18(24)21-17-9-5-8-16(20)12-17/h4-9,12H,10-11H2,1-3H3,(H,21,24). The number of anilines is 2. The first-order chi connectivity index (χ1) is 11.4. The Morgan fingerprint density at radius 3 is 2.29 bits per heavy atom. The minimum Gasteiger partial charge on any atom is -0.326 e. The number of nitrogens with zero attached hydrogens (tertiary/aromatic N) is 1. The fourth-order valence-corrected chi connectivity index (χ4v) is 2.85. The maximum Gasteiger partial charge on any atom is 0.226 e. The van der Waals surface area contributed by atoms with Gasteiger partial charge in [0.25, 0.3) is 0 Å². The average molecular weight is 345 g/mol. The second-order valence-electron chi connectivity index (χ2n) is 5.72. The van der Waals surface area contributed by atoms with Gasteiger partial charge in [-0.05, 0) is 43.2 Å². The van der Waals surface area contributed by atoms with Crippen LogP contribution in [0.4, 0.5) is 11.4 Å². The Bertz CT molecular complexity index is 739. The first-order valence-corrected chi connectivity index (χ1v) is 8.16. The molecule has 0 bridgehead atoms. The molecule has 24 heavy (non-hydrogen) atoms. The Labute approximate surface area is 147 Å². The van der Waals surface area contributed by atoms with Gasteiger partial charge in [0.05, 0.1) is 0 Å². The van der Waals surface area contributed by atoms with Crippen molar-refractivity contribution in [1.82, 2.24) is 0 Å². The monoisotopic (exact) mass is 344 g/mol. The van der Waals surface area contributed by atoms with Crippen molar-refractivity contribution in [3.63, 3.8) is 0 Å². The van der Waals surface area contributed by atoms with E-state index in [1.54, 1.807) is 29.2 Å². The summed E-state index contributed by atoms with van der Waals surface area (Å²) in [6, 6.07) is 12.9. The van der Waals surface area contributed by atoms with Crippen molar-refractivity contribution in [1.29, 1.82) is 0 Å². The quantitative estimate of drug-likeness (QED) is 0.877. The molecule has 2 aromatic rings. The molecule has 2 rings (SSSR count). The summed E-state index contributed by atoms with van der Waals surface area (Å²) in [5.41, 5.74) is 3.55. The number of hydrogen-bond acceptors (Lipinski definition) is 2. The number of benzene rings is 2. The molecule has 0 heterocycles. The van der Waals surface area contributed by atoms with Crippen molar-refractivity contribution in [3.8, 4) is 0 Å². The van der Waals surface area contributed by atoms with E-state index in [0.717, 1.165) is 16.8 Å². The van der Waals surface area contributed by atoms with E-state index in [1.807, 2.05) is 32.0 Å². The fourth-order valence-electron chi connectivity index (χ4n) is 2.66. The Morgan fingerprint density at radius 2 is 1.71 bits per heavy atom. The van der Waals surface area contributed by atoms with Gasteiger partial charge in [0.2, 0.25) is 11.8 Å². The van der Waals surface area contributed by atoms with Gasteiger partial charge < -0.3 is 10.2 Å². The van der Waals surface area contributed by atoms with E-state index >= 15 is 0 Å². The predicted octanol–water partition coefficient (Wildman–Crippen LogP) is 4.34. The molecule has 0 aliphatic rings. The molecule has 0 aromatic heterocycles. The highest BCUT2D eigenvalue weighted by molar-refractivity contribution is 6.30. The highest BCUT2D eigenvalue weighted by Gasteiger charge is 2.17. The molecule has 0 aliphatic heterocycles. The van der Waals surface area contributed by atoms with Crippen molar-refractivity contribution in [2.45, 2.75) is 27.2 Å². The Balaban J connectivity index is 2.07. The van der Waals surface area contributed by atoms with Crippen molar-refractivity contribution < 1.29 is 9.59 Å². The number of carbonyl (C=O) groups is 2. The van der Waals surface area contributed by atoms with Crippen LogP contribution < -0.4 is 10.2 Å². The topological polar surface area (TPSA) is 49.4 Å². The molecule has 0 aliphatic carbocycles. The minimum atomic E-state index is -0.158. The van der Waals surface area contributed by atoms with Crippen LogP contribution in [0.5, 0.6) is 0 Å². The maximum absolute atomic E-state index is 12.2. The van der Waals surface area contributed by atoms with Crippen molar-refractivity contribution in [2.75, 3.05) is 16.8 Å². The van der Waals surface area contributed by atoms with Crippen molar-refractivity contribution in [2.24, 2.45) is 0 Å². The lowest BCUT2D eigenvalue weighted by atomic mass is 10.1. The zero-order chi connectivity index (χ0) is 17.7. The number of hydrogen-bond donors (Lipinski definition) is 1. The van der Waals surface area contributed by atoms with Crippen molar-refractivity contribution in [3.05, 3.63) is 58.6 Å². The first kappa shape index (κ1) is 18.0. The molecule has 0 saturated carbocycles. The van der Waals surface area contributed by atoms with Crippen LogP contribution in [0.15, 0.2) is 42.5 Å². The van der Waals surface area contributed by atoms with Gasteiger partial charge in [-0.15, -0.1) is 0 Å². The third kappa shape index (κ3) is 4.59. The molecular weight excluding hydrogens is 324 g/mol. The third-order valence-electron chi connectivity index (χ3n) is 3.76. The largest absolute Gasteiger partial charge is 0.326 e. The van der Waals surface area contributed by atoms with Crippen LogP contribution in [0.1, 0.15) is 24.5 Å². The number of carbonyl (C=O) groups excluding carboxylic acids is 2. The van der Waals surface area contributed by atoms with E-state index in [-0.39, 0.29) is 18.2 Å². The van der Waals surface area contributed by atoms with Gasteiger partial charge in [0, 0.05) is 36.3 Å². The molecule has 0 unspecified atom stereocenters. The molecule has 0 saturated heterocycles. The molecule has 0 radical (unpaired) electrons. The number of aryl methyl sites for hydroxylation is 2. The van der Waals surface area contributed by atoms with Gasteiger partial charge in [-0.2, -0.15) is 0 Å². The molecule has 2 aromatic carbocycles. The number of para-hydroxylation sites is 1. The zero-order valence-corrected chi connectivity index (χ0v) is 14.9. The summed E-state index contributed by atoms with van der Waals surface area (Å²) >= 11 is 5.91. The second-order valence-corrected chi connectivity index (χ2v) is 6.16. The maximum atomic E-state index is 12.2. The lowest BCUT2D eigenvalue weighted by Crippen LogP contribution is -2.33. The lowest BCUT2D eigenvalue weighted by molar-refractivity contribution is -0.117. The number of halogens is 1. The smallest absolute Gasteiger partial charge is 0.226 e. The van der Waals surface area contributed by atoms with E-state index in [4.69, 9.17) is 11.6 Å². The fraction of sp³-hybridized carbons (Fsp3) is 0.263. The molecule has 1 N–H and O–H groups in total. The molecule has 0 fully saturated rings. The highest BCUT2D eigenvalue weighted by Crippen LogP contribution is 2.25. The SMILES string of the molecule is CC(=O)N(CCC(=O)Nc1cccc(Cl)c1)c1c(C)cccc1C. The summed E-state index contributed by atoms with van der Waals surface area (Å²) in [5.74, 6) is -0.238. The van der Waals surface area contributed by atoms with Crippen LogP contribution in [-0.4, -0.2) is 18.4 Å². The van der Waals surface area contributed by atoms with Gasteiger partial charge in [-0.3, -0.25) is 9.59 Å². The Hall–Kier alpha value is -2.33. The number of nitrogens with one attached hydrogen (secondary N) is 1. The van der Waals surface area contributed by atoms with Crippen LogP contribution in [-0.2, 0) is 9.59 Å². The van der Waals surface area contributed by atoms with E-state index in [2.05, 4.69) is 5.32 Å². The molecule has 5 heteroatoms. The molecule has 0 spiro atoms. The summed E-state index contributed by atoms with van der Waals surface area (Å²) in [6.45, 7) is 5.77. The first-order valence-electron chi connectivity index (χ1n) is 7.78. The van der Waals surface area contributed by atoms with E-state index in [1.165, 1.54) is 6.92 Å². The number of amides is 2. The molecule has 2 amide bonds. The summed E-state index contributed by atoms with van der Waals surface area (Å²) in [5, 5.41) is 3.36. The predicted molar refractivity (Wildman–Crippen MR) is 98.6 cm³/mol. The van der Waals surface area contributed by atoms with Crippen LogP contribution in [0, 0.1) is 13.8 Å². The minimum absolute atomic E-state index is 0.0806. The molecule has 0 atom stereocenters. The van der Waals surface area contributed by atoms with Crippen molar-refractivity contribution >= 4 is 34.8 Å². The second kappa shape index (κ2) is 7.97. The van der Waals surface area contributed by atoms with E-state index < -0.39 is 0 Å². The summed E-state index contributed by atoms with van der Waals surface area (Å²) in [4.78, 5) is 25.9. The van der Waals surface area contributed by atoms with E-state index in [9.17, 15) is 9.59 Å². The van der Waals surface area contributed by atoms with Gasteiger partial charge >= 0.3 is 0 Å². The normalized spacial score (nSPS) is 10.3.